The molecule has 1 aliphatic heterocycles. The zero-order valence-corrected chi connectivity index (χ0v) is 33.1. The molecule has 0 saturated carbocycles. The summed E-state index contributed by atoms with van der Waals surface area (Å²) in [6, 6.07) is 79.5. The second-order valence-corrected chi connectivity index (χ2v) is 15.8. The molecule has 0 unspecified atom stereocenters. The highest BCUT2D eigenvalue weighted by atomic mass is 16.6. The van der Waals surface area contributed by atoms with Gasteiger partial charge in [0, 0.05) is 16.7 Å². The van der Waals surface area contributed by atoms with E-state index in [-0.39, 0.29) is 0 Å². The van der Waals surface area contributed by atoms with Crippen LogP contribution in [0.1, 0.15) is 22.3 Å². The van der Waals surface area contributed by atoms with Crippen LogP contribution in [-0.4, -0.2) is 4.98 Å². The Kier molecular flexibility index (Phi) is 8.07. The van der Waals surface area contributed by atoms with E-state index in [4.69, 9.17) is 14.5 Å². The van der Waals surface area contributed by atoms with Gasteiger partial charge in [-0.3, -0.25) is 0 Å². The monoisotopic (exact) mass is 779 g/mol. The second-order valence-electron chi connectivity index (χ2n) is 15.8. The molecule has 61 heavy (non-hydrogen) atoms. The van der Waals surface area contributed by atoms with Gasteiger partial charge in [-0.1, -0.05) is 188 Å². The molecule has 2 heterocycles. The molecule has 286 valence electrons. The topological polar surface area (TPSA) is 31.4 Å². The van der Waals surface area contributed by atoms with Gasteiger partial charge in [-0.25, -0.2) is 4.98 Å². The molecule has 0 atom stereocenters. The van der Waals surface area contributed by atoms with Crippen LogP contribution < -0.4 is 9.47 Å². The molecule has 1 aliphatic carbocycles. The quantitative estimate of drug-likeness (QED) is 0.168. The molecule has 0 spiro atoms. The average Bonchev–Trinajstić information content (AvgIpc) is 3.65. The Balaban J connectivity index is 0.990. The molecule has 9 aromatic carbocycles. The van der Waals surface area contributed by atoms with Gasteiger partial charge in [-0.05, 0) is 97.2 Å². The fraction of sp³-hybridized carbons (Fsp3) is 0.0172. The molecule has 0 amide bonds. The Morgan fingerprint density at radius 1 is 0.328 bits per heavy atom. The van der Waals surface area contributed by atoms with Crippen LogP contribution in [0, 0.1) is 0 Å². The molecule has 0 bridgehead atoms. The van der Waals surface area contributed by atoms with Crippen LogP contribution in [-0.2, 0) is 5.41 Å². The van der Waals surface area contributed by atoms with Crippen molar-refractivity contribution >= 4 is 10.8 Å². The molecule has 10 aromatic rings. The van der Waals surface area contributed by atoms with Crippen LogP contribution >= 0.6 is 0 Å². The summed E-state index contributed by atoms with van der Waals surface area (Å²) in [4.78, 5) is 5.33. The highest BCUT2D eigenvalue weighted by Gasteiger charge is 2.48. The number of ether oxygens (including phenoxy) is 2. The Hall–Kier alpha value is -8.01. The van der Waals surface area contributed by atoms with Gasteiger partial charge in [0.2, 0.25) is 0 Å². The standard InChI is InChI=1S/C58H37NO2/c1-4-17-39(18-5-1)51-35-43(41-29-28-38-16-10-11-19-40(38)34-41)36-52(59-51)47-25-13-12-24-46(47)42-30-32-53-55(37-42)61-57-54(60-53)33-31-50-56(57)48-26-14-15-27-49(48)58(50,44-20-6-2-7-21-44)45-22-8-3-9-23-45/h1-37H. The first-order chi connectivity index (χ1) is 30.2. The zero-order chi connectivity index (χ0) is 40.3. The molecule has 0 radical (unpaired) electrons. The lowest BCUT2D eigenvalue weighted by Crippen LogP contribution is -2.28. The molecule has 12 rings (SSSR count). The van der Waals surface area contributed by atoms with Crippen molar-refractivity contribution in [2.45, 2.75) is 5.41 Å². The first kappa shape index (κ1) is 35.0. The van der Waals surface area contributed by atoms with Crippen LogP contribution in [0.4, 0.5) is 0 Å². The number of nitrogens with zero attached hydrogens (tertiary/aromatic N) is 1. The van der Waals surface area contributed by atoms with Crippen LogP contribution in [0.15, 0.2) is 224 Å². The molecule has 0 N–H and O–H groups in total. The van der Waals surface area contributed by atoms with Crippen molar-refractivity contribution in [2.24, 2.45) is 0 Å². The van der Waals surface area contributed by atoms with E-state index in [1.54, 1.807) is 0 Å². The van der Waals surface area contributed by atoms with E-state index in [1.165, 1.54) is 33.0 Å². The summed E-state index contributed by atoms with van der Waals surface area (Å²) in [6.07, 6.45) is 0. The van der Waals surface area contributed by atoms with Crippen LogP contribution in [0.2, 0.25) is 0 Å². The summed E-state index contributed by atoms with van der Waals surface area (Å²) in [5.74, 6) is 2.79. The number of fused-ring (bicyclic) bond motifs is 7. The number of rotatable bonds is 6. The molecule has 1 aromatic heterocycles. The third-order valence-electron chi connectivity index (χ3n) is 12.4. The summed E-state index contributed by atoms with van der Waals surface area (Å²) in [5.41, 5.74) is 14.7. The van der Waals surface area contributed by atoms with E-state index in [1.807, 2.05) is 12.1 Å². The summed E-state index contributed by atoms with van der Waals surface area (Å²) >= 11 is 0. The lowest BCUT2D eigenvalue weighted by Gasteiger charge is -2.34. The lowest BCUT2D eigenvalue weighted by molar-refractivity contribution is 0.360. The van der Waals surface area contributed by atoms with Gasteiger partial charge in [0.25, 0.3) is 0 Å². The highest BCUT2D eigenvalue weighted by Crippen LogP contribution is 2.62. The van der Waals surface area contributed by atoms with Crippen molar-refractivity contribution in [1.29, 1.82) is 0 Å². The first-order valence-corrected chi connectivity index (χ1v) is 20.8. The van der Waals surface area contributed by atoms with Crippen molar-refractivity contribution in [1.82, 2.24) is 4.98 Å². The van der Waals surface area contributed by atoms with Gasteiger partial charge in [0.1, 0.15) is 0 Å². The third-order valence-corrected chi connectivity index (χ3v) is 12.4. The van der Waals surface area contributed by atoms with Crippen molar-refractivity contribution < 1.29 is 9.47 Å². The van der Waals surface area contributed by atoms with E-state index in [2.05, 4.69) is 212 Å². The predicted molar refractivity (Wildman–Crippen MR) is 247 cm³/mol. The Labute approximate surface area is 354 Å². The van der Waals surface area contributed by atoms with Crippen molar-refractivity contribution in [2.75, 3.05) is 0 Å². The van der Waals surface area contributed by atoms with Crippen LogP contribution in [0.25, 0.3) is 66.7 Å². The first-order valence-electron chi connectivity index (χ1n) is 20.8. The number of hydrogen-bond donors (Lipinski definition) is 0. The zero-order valence-electron chi connectivity index (χ0n) is 33.1. The maximum atomic E-state index is 7.10. The Morgan fingerprint density at radius 2 is 0.934 bits per heavy atom. The molecule has 0 fully saturated rings. The number of hydrogen-bond acceptors (Lipinski definition) is 3. The van der Waals surface area contributed by atoms with Gasteiger partial charge in [-0.15, -0.1) is 0 Å². The minimum atomic E-state index is -0.541. The fourth-order valence-corrected chi connectivity index (χ4v) is 9.65. The fourth-order valence-electron chi connectivity index (χ4n) is 9.65. The number of benzene rings is 9. The average molecular weight is 780 g/mol. The van der Waals surface area contributed by atoms with E-state index in [0.717, 1.165) is 61.6 Å². The summed E-state index contributed by atoms with van der Waals surface area (Å²) in [5, 5.41) is 2.43. The van der Waals surface area contributed by atoms with Gasteiger partial charge < -0.3 is 9.47 Å². The minimum absolute atomic E-state index is 0.541. The second kappa shape index (κ2) is 14.1. The van der Waals surface area contributed by atoms with Crippen LogP contribution in [0.5, 0.6) is 23.0 Å². The molecule has 0 saturated heterocycles. The van der Waals surface area contributed by atoms with E-state index >= 15 is 0 Å². The summed E-state index contributed by atoms with van der Waals surface area (Å²) in [6.45, 7) is 0. The lowest BCUT2D eigenvalue weighted by atomic mass is 9.68. The number of pyridine rings is 1. The normalized spacial score (nSPS) is 13.0. The summed E-state index contributed by atoms with van der Waals surface area (Å²) in [7, 11) is 0. The van der Waals surface area contributed by atoms with Gasteiger partial charge in [0.15, 0.2) is 23.0 Å². The van der Waals surface area contributed by atoms with Crippen LogP contribution in [0.3, 0.4) is 0 Å². The van der Waals surface area contributed by atoms with Crippen molar-refractivity contribution in [3.63, 3.8) is 0 Å². The molecule has 3 heteroatoms. The smallest absolute Gasteiger partial charge is 0.178 e. The van der Waals surface area contributed by atoms with E-state index in [9.17, 15) is 0 Å². The molecule has 3 nitrogen and oxygen atoms in total. The van der Waals surface area contributed by atoms with Crippen molar-refractivity contribution in [3.8, 4) is 78.9 Å². The summed E-state index contributed by atoms with van der Waals surface area (Å²) < 4.78 is 13.8. The van der Waals surface area contributed by atoms with E-state index in [0.29, 0.717) is 17.2 Å². The maximum absolute atomic E-state index is 7.10. The van der Waals surface area contributed by atoms with Gasteiger partial charge in [-0.2, -0.15) is 0 Å². The molecular formula is C58H37NO2. The molecular weight excluding hydrogens is 743 g/mol. The minimum Gasteiger partial charge on any atom is -0.449 e. The highest BCUT2D eigenvalue weighted by molar-refractivity contribution is 5.93. The predicted octanol–water partition coefficient (Wildman–Crippen LogP) is 15.2. The third kappa shape index (κ3) is 5.62. The van der Waals surface area contributed by atoms with Gasteiger partial charge in [0.05, 0.1) is 16.8 Å². The number of aromatic nitrogens is 1. The SMILES string of the molecule is c1ccc(-c2cc(-c3ccc4ccccc4c3)cc(-c3ccccc3-c3ccc4c(c3)Oc3c(ccc5c3-c3ccccc3C5(c3ccccc3)c3ccccc3)O4)n2)cc1. The molecule has 2 aliphatic rings. The maximum Gasteiger partial charge on any atom is 0.178 e. The Bertz CT molecular complexity index is 3260. The van der Waals surface area contributed by atoms with E-state index < -0.39 is 5.41 Å². The van der Waals surface area contributed by atoms with Crippen molar-refractivity contribution in [3.05, 3.63) is 247 Å². The van der Waals surface area contributed by atoms with Gasteiger partial charge >= 0.3 is 0 Å². The Morgan fingerprint density at radius 3 is 1.70 bits per heavy atom. The largest absolute Gasteiger partial charge is 0.449 e.